The van der Waals surface area contributed by atoms with E-state index in [4.69, 9.17) is 0 Å². The van der Waals surface area contributed by atoms with Crippen molar-refractivity contribution < 1.29 is 0 Å². The largest absolute Gasteiger partial charge is 0.369 e. The second-order valence-corrected chi connectivity index (χ2v) is 5.05. The standard InChI is InChI=1S/C15H22N4/c1-4-16-15-18-13-8-6-5-7-12(13)14(19-15)17-10-9-11(2)3/h5-8,11H,4,9-10H2,1-3H3,(H2,16,17,18,19). The van der Waals surface area contributed by atoms with Crippen molar-refractivity contribution in [2.75, 3.05) is 23.7 Å². The highest BCUT2D eigenvalue weighted by atomic mass is 15.1. The molecule has 2 N–H and O–H groups in total. The van der Waals surface area contributed by atoms with Crippen LogP contribution >= 0.6 is 0 Å². The Morgan fingerprint density at radius 3 is 2.63 bits per heavy atom. The van der Waals surface area contributed by atoms with Crippen molar-refractivity contribution in [1.29, 1.82) is 0 Å². The molecule has 1 heterocycles. The van der Waals surface area contributed by atoms with Crippen LogP contribution in [-0.2, 0) is 0 Å². The van der Waals surface area contributed by atoms with Crippen LogP contribution in [0.5, 0.6) is 0 Å². The zero-order valence-electron chi connectivity index (χ0n) is 11.9. The van der Waals surface area contributed by atoms with Crippen LogP contribution in [0.4, 0.5) is 11.8 Å². The third-order valence-electron chi connectivity index (χ3n) is 2.95. The fraction of sp³-hybridized carbons (Fsp3) is 0.467. The third kappa shape index (κ3) is 3.56. The zero-order valence-corrected chi connectivity index (χ0v) is 11.9. The molecule has 0 spiro atoms. The van der Waals surface area contributed by atoms with Crippen LogP contribution in [-0.4, -0.2) is 23.1 Å². The number of rotatable bonds is 6. The molecule has 0 aliphatic rings. The van der Waals surface area contributed by atoms with Crippen molar-refractivity contribution in [3.63, 3.8) is 0 Å². The van der Waals surface area contributed by atoms with Gasteiger partial charge in [0.05, 0.1) is 5.52 Å². The van der Waals surface area contributed by atoms with Gasteiger partial charge in [-0.2, -0.15) is 4.98 Å². The third-order valence-corrected chi connectivity index (χ3v) is 2.95. The summed E-state index contributed by atoms with van der Waals surface area (Å²) >= 11 is 0. The summed E-state index contributed by atoms with van der Waals surface area (Å²) in [4.78, 5) is 9.06. The highest BCUT2D eigenvalue weighted by molar-refractivity contribution is 5.89. The quantitative estimate of drug-likeness (QED) is 0.832. The first-order valence-corrected chi connectivity index (χ1v) is 6.95. The Morgan fingerprint density at radius 1 is 1.11 bits per heavy atom. The van der Waals surface area contributed by atoms with Gasteiger partial charge in [-0.15, -0.1) is 0 Å². The van der Waals surface area contributed by atoms with E-state index in [2.05, 4.69) is 40.5 Å². The Hall–Kier alpha value is -1.84. The summed E-state index contributed by atoms with van der Waals surface area (Å²) in [5, 5.41) is 7.68. The van der Waals surface area contributed by atoms with Crippen LogP contribution in [0.3, 0.4) is 0 Å². The number of fused-ring (bicyclic) bond motifs is 1. The van der Waals surface area contributed by atoms with Crippen LogP contribution < -0.4 is 10.6 Å². The molecular weight excluding hydrogens is 236 g/mol. The molecule has 4 heteroatoms. The van der Waals surface area contributed by atoms with Crippen molar-refractivity contribution in [2.45, 2.75) is 27.2 Å². The maximum Gasteiger partial charge on any atom is 0.225 e. The van der Waals surface area contributed by atoms with E-state index < -0.39 is 0 Å². The molecule has 0 radical (unpaired) electrons. The Morgan fingerprint density at radius 2 is 1.89 bits per heavy atom. The van der Waals surface area contributed by atoms with E-state index in [1.165, 1.54) is 0 Å². The molecule has 0 aliphatic carbocycles. The van der Waals surface area contributed by atoms with E-state index in [9.17, 15) is 0 Å². The first kappa shape index (κ1) is 13.6. The smallest absolute Gasteiger partial charge is 0.225 e. The van der Waals surface area contributed by atoms with Crippen molar-refractivity contribution in [3.8, 4) is 0 Å². The highest BCUT2D eigenvalue weighted by Crippen LogP contribution is 2.21. The van der Waals surface area contributed by atoms with E-state index in [0.29, 0.717) is 11.9 Å². The maximum atomic E-state index is 4.55. The molecule has 0 amide bonds. The molecule has 102 valence electrons. The van der Waals surface area contributed by atoms with Gasteiger partial charge in [-0.1, -0.05) is 26.0 Å². The molecule has 0 unspecified atom stereocenters. The molecule has 4 nitrogen and oxygen atoms in total. The number of nitrogens with zero attached hydrogens (tertiary/aromatic N) is 2. The fourth-order valence-corrected chi connectivity index (χ4v) is 1.93. The molecule has 2 aromatic rings. The molecule has 0 fully saturated rings. The number of hydrogen-bond donors (Lipinski definition) is 2. The highest BCUT2D eigenvalue weighted by Gasteiger charge is 2.06. The molecule has 1 aromatic heterocycles. The number of aromatic nitrogens is 2. The van der Waals surface area contributed by atoms with Gasteiger partial charge < -0.3 is 10.6 Å². The van der Waals surface area contributed by atoms with Gasteiger partial charge in [-0.3, -0.25) is 0 Å². The second kappa shape index (κ2) is 6.36. The normalized spacial score (nSPS) is 10.9. The summed E-state index contributed by atoms with van der Waals surface area (Å²) in [6.07, 6.45) is 1.13. The van der Waals surface area contributed by atoms with Gasteiger partial charge in [0.1, 0.15) is 5.82 Å². The van der Waals surface area contributed by atoms with E-state index >= 15 is 0 Å². The molecule has 0 bridgehead atoms. The monoisotopic (exact) mass is 258 g/mol. The van der Waals surface area contributed by atoms with Crippen molar-refractivity contribution in [2.24, 2.45) is 5.92 Å². The molecule has 0 atom stereocenters. The SMILES string of the molecule is CCNc1nc(NCCC(C)C)c2ccccc2n1. The Bertz CT molecular complexity index is 537. The van der Waals surface area contributed by atoms with Gasteiger partial charge in [-0.25, -0.2) is 4.98 Å². The Balaban J connectivity index is 2.28. The van der Waals surface area contributed by atoms with Gasteiger partial charge in [0.25, 0.3) is 0 Å². The summed E-state index contributed by atoms with van der Waals surface area (Å²) in [7, 11) is 0. The van der Waals surface area contributed by atoms with Crippen molar-refractivity contribution >= 4 is 22.7 Å². The minimum absolute atomic E-state index is 0.688. The Labute approximate surface area is 114 Å². The number of anilines is 2. The number of nitrogens with one attached hydrogen (secondary N) is 2. The van der Waals surface area contributed by atoms with E-state index in [1.54, 1.807) is 0 Å². The van der Waals surface area contributed by atoms with E-state index in [-0.39, 0.29) is 0 Å². The van der Waals surface area contributed by atoms with Crippen molar-refractivity contribution in [3.05, 3.63) is 24.3 Å². The maximum absolute atomic E-state index is 4.55. The van der Waals surface area contributed by atoms with Gasteiger partial charge in [-0.05, 0) is 31.4 Å². The first-order chi connectivity index (χ1) is 9.20. The molecule has 0 saturated heterocycles. The number of para-hydroxylation sites is 1. The first-order valence-electron chi connectivity index (χ1n) is 6.95. The molecule has 1 aromatic carbocycles. The summed E-state index contributed by atoms with van der Waals surface area (Å²) in [6.45, 7) is 8.26. The predicted octanol–water partition coefficient (Wildman–Crippen LogP) is 3.52. The topological polar surface area (TPSA) is 49.8 Å². The van der Waals surface area contributed by atoms with Crippen LogP contribution in [0.2, 0.25) is 0 Å². The van der Waals surface area contributed by atoms with Crippen LogP contribution in [0.1, 0.15) is 27.2 Å². The second-order valence-electron chi connectivity index (χ2n) is 5.05. The average molecular weight is 258 g/mol. The minimum atomic E-state index is 0.688. The molecule has 0 saturated carbocycles. The predicted molar refractivity (Wildman–Crippen MR) is 81.6 cm³/mol. The lowest BCUT2D eigenvalue weighted by atomic mass is 10.1. The molecular formula is C15H22N4. The molecule has 19 heavy (non-hydrogen) atoms. The summed E-state index contributed by atoms with van der Waals surface area (Å²) in [6, 6.07) is 8.10. The van der Waals surface area contributed by atoms with Gasteiger partial charge in [0.2, 0.25) is 5.95 Å². The van der Waals surface area contributed by atoms with Gasteiger partial charge in [0, 0.05) is 18.5 Å². The molecule has 2 rings (SSSR count). The summed E-state index contributed by atoms with van der Waals surface area (Å²) in [5.41, 5.74) is 0.973. The lowest BCUT2D eigenvalue weighted by Crippen LogP contribution is -2.09. The van der Waals surface area contributed by atoms with E-state index in [0.717, 1.165) is 36.2 Å². The average Bonchev–Trinajstić information content (AvgIpc) is 2.38. The van der Waals surface area contributed by atoms with Gasteiger partial charge >= 0.3 is 0 Å². The molecule has 0 aliphatic heterocycles. The summed E-state index contributed by atoms with van der Waals surface area (Å²) < 4.78 is 0. The van der Waals surface area contributed by atoms with Crippen LogP contribution in [0.25, 0.3) is 10.9 Å². The minimum Gasteiger partial charge on any atom is -0.369 e. The van der Waals surface area contributed by atoms with Crippen molar-refractivity contribution in [1.82, 2.24) is 9.97 Å². The lowest BCUT2D eigenvalue weighted by molar-refractivity contribution is 0.607. The summed E-state index contributed by atoms with van der Waals surface area (Å²) in [5.74, 6) is 2.30. The Kier molecular flexibility index (Phi) is 4.55. The lowest BCUT2D eigenvalue weighted by Gasteiger charge is -2.12. The van der Waals surface area contributed by atoms with Crippen LogP contribution in [0.15, 0.2) is 24.3 Å². The zero-order chi connectivity index (χ0) is 13.7. The number of hydrogen-bond acceptors (Lipinski definition) is 4. The van der Waals surface area contributed by atoms with Crippen LogP contribution in [0, 0.1) is 5.92 Å². The van der Waals surface area contributed by atoms with E-state index in [1.807, 2.05) is 25.1 Å². The van der Waals surface area contributed by atoms with Gasteiger partial charge in [0.15, 0.2) is 0 Å². The number of benzene rings is 1. The fourth-order valence-electron chi connectivity index (χ4n) is 1.93.